The number of benzene rings is 10. The average molecular weight is 1400 g/mol. The van der Waals surface area contributed by atoms with Gasteiger partial charge in [-0.05, 0) is 193 Å². The second-order valence-electron chi connectivity index (χ2n) is 20.5. The maximum Gasteiger partial charge on any atom is 0.494 e. The largest absolute Gasteiger partial charge is 0.494 e. The van der Waals surface area contributed by atoms with Gasteiger partial charge in [0.15, 0.2) is 0 Å². The van der Waals surface area contributed by atoms with Crippen LogP contribution in [0.3, 0.4) is 0 Å². The topological polar surface area (TPSA) is 43.4 Å². The molecule has 19 heteroatoms. The molecule has 6 nitrogen and oxygen atoms in total. The molecule has 6 unspecified atom stereocenters. The summed E-state index contributed by atoms with van der Waals surface area (Å²) < 4.78 is 25.4. The van der Waals surface area contributed by atoms with Gasteiger partial charge in [0.25, 0.3) is 0 Å². The van der Waals surface area contributed by atoms with E-state index in [2.05, 4.69) is 280 Å². The number of fused-ring (bicyclic) bond motifs is 4. The van der Waals surface area contributed by atoms with Crippen molar-refractivity contribution < 1.29 is 18.8 Å². The Hall–Kier alpha value is -3.57. The third-order valence-corrected chi connectivity index (χ3v) is 61.1. The molecular formula is C67H69BBrN2O4P9S2. The number of rotatable bonds is 11. The van der Waals surface area contributed by atoms with Crippen molar-refractivity contribution in [3.63, 3.8) is 0 Å². The Kier molecular flexibility index (Phi) is 24.4. The van der Waals surface area contributed by atoms with E-state index in [1.165, 1.54) is 4.90 Å². The summed E-state index contributed by atoms with van der Waals surface area (Å²) in [4.78, 5) is 9.16. The molecule has 0 amide bonds. The number of ether oxygens (including phenoxy) is 2. The quantitative estimate of drug-likeness (QED) is 0.0938. The van der Waals surface area contributed by atoms with Crippen LogP contribution in [-0.4, -0.2) is 18.3 Å². The van der Waals surface area contributed by atoms with Gasteiger partial charge >= 0.3 is 7.12 Å². The molecule has 10 aromatic carbocycles. The molecule has 1 saturated heterocycles. The molecule has 3 aliphatic rings. The molecule has 0 aliphatic carbocycles. The number of hydrogen-bond acceptors (Lipinski definition) is 8. The number of para-hydroxylation sites is 6. The Balaban J connectivity index is 0.000000150. The Bertz CT molecular complexity index is 3700. The lowest BCUT2D eigenvalue weighted by atomic mass is 9.79. The van der Waals surface area contributed by atoms with Crippen molar-refractivity contribution >= 4 is 160 Å². The maximum atomic E-state index is 6.19. The highest BCUT2D eigenvalue weighted by atomic mass is 79.9. The fourth-order valence-electron chi connectivity index (χ4n) is 9.23. The highest BCUT2D eigenvalue weighted by Gasteiger charge is 2.51. The van der Waals surface area contributed by atoms with Crippen LogP contribution < -0.4 is 24.7 Å². The number of halogens is 1. The minimum Gasteiger partial charge on any atom is -0.455 e. The van der Waals surface area contributed by atoms with Gasteiger partial charge in [-0.15, -0.1) is 44.6 Å². The second kappa shape index (κ2) is 31.4. The second-order valence-corrected chi connectivity index (χ2v) is 54.2. The lowest BCUT2D eigenvalue weighted by Gasteiger charge is -2.32. The molecule has 0 aromatic heterocycles. The SMILES string of the molecule is Brc1ccc2c(c1)Oc1ccccc1S2.C.CC1(C)OB(c2ccc(N(c3ccccc3)c3ccccc3)cc2)OC1(C)C.PPP(P(P)P)P(P)P.c1ccc(N(c2ccccc2)c2ccc(-c3ccc4c(c3)Oc3ccccc3S4)cc2)cc1. The fourth-order valence-corrected chi connectivity index (χ4v) is 72.6. The van der Waals surface area contributed by atoms with E-state index in [0.29, 0.717) is 6.99 Å². The van der Waals surface area contributed by atoms with Gasteiger partial charge in [-0.25, -0.2) is 0 Å². The van der Waals surface area contributed by atoms with Crippen LogP contribution in [0.1, 0.15) is 35.1 Å². The molecule has 10 aromatic rings. The van der Waals surface area contributed by atoms with Crippen LogP contribution in [-0.2, 0) is 9.31 Å². The summed E-state index contributed by atoms with van der Waals surface area (Å²) in [7, 11) is 15.3. The maximum absolute atomic E-state index is 6.19. The summed E-state index contributed by atoms with van der Waals surface area (Å²) in [6.07, 6.45) is 0. The highest BCUT2D eigenvalue weighted by molar-refractivity contribution is 9.11. The van der Waals surface area contributed by atoms with Crippen molar-refractivity contribution in [3.05, 3.63) is 259 Å². The van der Waals surface area contributed by atoms with E-state index >= 15 is 0 Å². The van der Waals surface area contributed by atoms with Crippen LogP contribution in [0.2, 0.25) is 0 Å². The molecule has 0 saturated carbocycles. The zero-order chi connectivity index (χ0) is 59.5. The Morgan fingerprint density at radius 3 is 1.14 bits per heavy atom. The predicted molar refractivity (Wildman–Crippen MR) is 403 cm³/mol. The van der Waals surface area contributed by atoms with E-state index in [1.807, 2.05) is 72.8 Å². The third kappa shape index (κ3) is 16.9. The molecule has 3 heterocycles. The molecule has 0 radical (unpaired) electrons. The number of hydrogen-bond donors (Lipinski definition) is 0. The van der Waals surface area contributed by atoms with Gasteiger partial charge in [-0.2, -0.15) is 0 Å². The van der Waals surface area contributed by atoms with E-state index in [1.54, 1.807) is 23.5 Å². The summed E-state index contributed by atoms with van der Waals surface area (Å²) in [5.41, 5.74) is 9.39. The highest BCUT2D eigenvalue weighted by Crippen LogP contribution is 3.04. The van der Waals surface area contributed by atoms with Crippen molar-refractivity contribution in [1.29, 1.82) is 0 Å². The Morgan fingerprint density at radius 1 is 0.407 bits per heavy atom. The average Bonchev–Trinajstić information content (AvgIpc) is 2.57. The van der Waals surface area contributed by atoms with Crippen LogP contribution in [0.4, 0.5) is 34.1 Å². The van der Waals surface area contributed by atoms with Crippen LogP contribution in [0.5, 0.6) is 23.0 Å². The summed E-state index contributed by atoms with van der Waals surface area (Å²) in [5.74, 6) is 3.69. The number of anilines is 6. The van der Waals surface area contributed by atoms with Gasteiger partial charge in [0.1, 0.15) is 23.0 Å². The van der Waals surface area contributed by atoms with Crippen LogP contribution >= 0.6 is 113 Å². The first-order valence-electron chi connectivity index (χ1n) is 27.2. The standard InChI is InChI=1S/C30H21NOS.C24H26BNO2.C12H7BrOS.CH4.H11P9/c1-3-9-24(10-4-1)31(25-11-5-2-6-12-25)26-18-15-22(16-19-26)23-17-20-30-28(21-23)32-27-13-7-8-14-29(27)33-30;1-23(2)24(3,4)28-25(27-23)19-15-17-22(18-16-19)26(20-11-7-5-8-12-20)21-13-9-6-10-14-21;13-8-5-6-12-10(7-8)14-9-3-1-2-4-11(9)15-12;;1-6-9(7(2)3)8(4)5/h1-21H;5-18H,1-4H3;1-7H;1H4;6H,1-5H2. The zero-order valence-corrected chi connectivity index (χ0v) is 60.0. The van der Waals surface area contributed by atoms with Crippen LogP contribution in [0.15, 0.2) is 279 Å². The summed E-state index contributed by atoms with van der Waals surface area (Å²) >= 11 is 6.94. The molecule has 0 spiro atoms. The molecule has 86 heavy (non-hydrogen) atoms. The molecule has 3 aliphatic heterocycles. The van der Waals surface area contributed by atoms with E-state index in [4.69, 9.17) is 18.8 Å². The molecule has 6 atom stereocenters. The first kappa shape index (κ1) is 66.8. The Morgan fingerprint density at radius 2 is 0.744 bits per heavy atom. The van der Waals surface area contributed by atoms with Crippen molar-refractivity contribution in [3.8, 4) is 34.1 Å². The summed E-state index contributed by atoms with van der Waals surface area (Å²) in [6.45, 7) is 8.95. The Labute approximate surface area is 543 Å². The van der Waals surface area contributed by atoms with Crippen molar-refractivity contribution in [2.75, 3.05) is 9.80 Å². The molecule has 13 rings (SSSR count). The van der Waals surface area contributed by atoms with Crippen molar-refractivity contribution in [1.82, 2.24) is 0 Å². The van der Waals surface area contributed by atoms with Gasteiger partial charge in [-0.1, -0.05) is 182 Å². The fraction of sp³-hybridized carbons (Fsp3) is 0.104. The van der Waals surface area contributed by atoms with Crippen LogP contribution in [0.25, 0.3) is 11.1 Å². The third-order valence-electron chi connectivity index (χ3n) is 14.2. The minimum absolute atomic E-state index is 0. The number of nitrogens with zero attached hydrogens (tertiary/aromatic N) is 2. The molecule has 0 N–H and O–H groups in total. The van der Waals surface area contributed by atoms with Gasteiger partial charge in [0.2, 0.25) is 0 Å². The molecule has 0 bridgehead atoms. The first-order chi connectivity index (χ1) is 41.1. The van der Waals surface area contributed by atoms with Crippen LogP contribution in [0, 0.1) is 0 Å². The van der Waals surface area contributed by atoms with Crippen molar-refractivity contribution in [2.45, 2.75) is 65.9 Å². The monoisotopic (exact) mass is 1400 g/mol. The minimum atomic E-state index is -0.346. The van der Waals surface area contributed by atoms with E-state index < -0.39 is 0 Å². The normalized spacial score (nSPS) is 13.8. The molecule has 1 fully saturated rings. The van der Waals surface area contributed by atoms with Gasteiger partial charge in [0.05, 0.1) is 30.8 Å². The van der Waals surface area contributed by atoms with Gasteiger partial charge < -0.3 is 28.6 Å². The summed E-state index contributed by atoms with van der Waals surface area (Å²) in [6, 6.07) is 87.7. The van der Waals surface area contributed by atoms with E-state index in [9.17, 15) is 0 Å². The van der Waals surface area contributed by atoms with E-state index in [0.717, 1.165) is 101 Å². The predicted octanol–water partition coefficient (Wildman–Crippen LogP) is 24.7. The zero-order valence-electron chi connectivity index (χ0n) is 47.3. The molecule has 438 valence electrons. The lowest BCUT2D eigenvalue weighted by Crippen LogP contribution is -2.41. The van der Waals surface area contributed by atoms with Gasteiger partial charge in [0, 0.05) is 38.6 Å². The smallest absolute Gasteiger partial charge is 0.455 e. The van der Waals surface area contributed by atoms with E-state index in [-0.39, 0.29) is 39.7 Å². The molecular weight excluding hydrogens is 1330 g/mol. The van der Waals surface area contributed by atoms with Crippen molar-refractivity contribution in [2.24, 2.45) is 0 Å². The van der Waals surface area contributed by atoms with Gasteiger partial charge in [-0.3, -0.25) is 0 Å². The first-order valence-corrected chi connectivity index (χ1v) is 45.2. The summed E-state index contributed by atoms with van der Waals surface area (Å²) in [5, 5.41) is 0. The lowest BCUT2D eigenvalue weighted by molar-refractivity contribution is 0.00578.